The van der Waals surface area contributed by atoms with E-state index in [1.54, 1.807) is 6.07 Å². The number of methoxy groups -OCH3 is 2. The third kappa shape index (κ3) is 2.80. The van der Waals surface area contributed by atoms with Gasteiger partial charge >= 0.3 is 11.9 Å². The first-order valence-electron chi connectivity index (χ1n) is 5.58. The van der Waals surface area contributed by atoms with Gasteiger partial charge in [-0.25, -0.2) is 9.59 Å². The number of hydrogen-bond donors (Lipinski definition) is 0. The Kier molecular flexibility index (Phi) is 4.71. The third-order valence-corrected chi connectivity index (χ3v) is 2.73. The molecule has 0 radical (unpaired) electrons. The Morgan fingerprint density at radius 1 is 1.28 bits per heavy atom. The maximum atomic E-state index is 11.7. The van der Waals surface area contributed by atoms with Crippen LogP contribution in [-0.4, -0.2) is 30.7 Å². The highest BCUT2D eigenvalue weighted by molar-refractivity contribution is 6.20. The van der Waals surface area contributed by atoms with Gasteiger partial charge < -0.3 is 14.0 Å². The van der Waals surface area contributed by atoms with Crippen molar-refractivity contribution < 1.29 is 19.1 Å². The maximum absolute atomic E-state index is 11.7. The second-order valence-electron chi connectivity index (χ2n) is 3.70. The zero-order valence-electron chi connectivity index (χ0n) is 11.0. The van der Waals surface area contributed by atoms with Crippen molar-refractivity contribution in [3.05, 3.63) is 29.6 Å². The molecule has 0 saturated carbocycles. The van der Waals surface area contributed by atoms with Gasteiger partial charge in [-0.05, 0) is 18.6 Å². The fraction of sp³-hybridized carbons (Fsp3) is 0.385. The highest BCUT2D eigenvalue weighted by Gasteiger charge is 2.18. The van der Waals surface area contributed by atoms with Crippen LogP contribution in [0.4, 0.5) is 0 Å². The normalized spacial score (nSPS) is 11.2. The number of esters is 2. The molecule has 0 N–H and O–H groups in total. The largest absolute Gasteiger partial charge is 0.466 e. The quantitative estimate of drug-likeness (QED) is 0.598. The Hall–Kier alpha value is -2.04. The molecule has 0 aliphatic carbocycles. The summed E-state index contributed by atoms with van der Waals surface area (Å²) < 4.78 is 11.1. The van der Waals surface area contributed by atoms with Crippen LogP contribution in [0, 0.1) is 0 Å². The van der Waals surface area contributed by atoms with Crippen LogP contribution in [-0.2, 0) is 32.5 Å². The van der Waals surface area contributed by atoms with Crippen LogP contribution in [0.15, 0.2) is 18.2 Å². The molecule has 1 aromatic rings. The zero-order chi connectivity index (χ0) is 13.7. The average Bonchev–Trinajstić information content (AvgIpc) is 2.75. The van der Waals surface area contributed by atoms with E-state index in [1.165, 1.54) is 14.2 Å². The minimum atomic E-state index is -0.588. The Morgan fingerprint density at radius 3 is 2.39 bits per heavy atom. The molecule has 98 valence electrons. The van der Waals surface area contributed by atoms with E-state index in [9.17, 15) is 9.59 Å². The Morgan fingerprint density at radius 2 is 1.94 bits per heavy atom. The third-order valence-electron chi connectivity index (χ3n) is 2.73. The first kappa shape index (κ1) is 14.0. The van der Waals surface area contributed by atoms with Crippen molar-refractivity contribution in [3.63, 3.8) is 0 Å². The Bertz CT molecular complexity index is 485. The standard InChI is InChI=1S/C13H17NO4/c1-5-9-6-7-11(14(9)2)10(13(16)18-4)8-12(15)17-3/h6-8H,5H2,1-4H3/b10-8-. The van der Waals surface area contributed by atoms with Gasteiger partial charge in [0.2, 0.25) is 0 Å². The van der Waals surface area contributed by atoms with Crippen molar-refractivity contribution in [2.24, 2.45) is 7.05 Å². The first-order valence-corrected chi connectivity index (χ1v) is 5.58. The number of ether oxygens (including phenoxy) is 2. The molecule has 0 unspecified atom stereocenters. The molecule has 0 fully saturated rings. The van der Waals surface area contributed by atoms with Crippen molar-refractivity contribution in [1.29, 1.82) is 0 Å². The average molecular weight is 251 g/mol. The van der Waals surface area contributed by atoms with Crippen molar-refractivity contribution in [3.8, 4) is 0 Å². The molecule has 0 spiro atoms. The van der Waals surface area contributed by atoms with Crippen molar-refractivity contribution >= 4 is 17.5 Å². The molecule has 0 aliphatic heterocycles. The fourth-order valence-corrected chi connectivity index (χ4v) is 1.70. The molecule has 0 bridgehead atoms. The number of carbonyl (C=O) groups excluding carboxylic acids is 2. The number of nitrogens with zero attached hydrogens (tertiary/aromatic N) is 1. The van der Waals surface area contributed by atoms with E-state index in [2.05, 4.69) is 9.47 Å². The molecule has 5 nitrogen and oxygen atoms in total. The predicted octanol–water partition coefficient (Wildman–Crippen LogP) is 1.32. The van der Waals surface area contributed by atoms with Gasteiger partial charge in [0.05, 0.1) is 25.5 Å². The van der Waals surface area contributed by atoms with E-state index in [4.69, 9.17) is 0 Å². The monoisotopic (exact) mass is 251 g/mol. The van der Waals surface area contributed by atoms with E-state index in [1.807, 2.05) is 24.6 Å². The zero-order valence-corrected chi connectivity index (χ0v) is 11.0. The van der Waals surface area contributed by atoms with Gasteiger partial charge in [-0.3, -0.25) is 0 Å². The van der Waals surface area contributed by atoms with Crippen LogP contribution in [0.1, 0.15) is 18.3 Å². The van der Waals surface area contributed by atoms with Gasteiger partial charge in [-0.2, -0.15) is 0 Å². The topological polar surface area (TPSA) is 57.5 Å². The molecular formula is C13H17NO4. The summed E-state index contributed by atoms with van der Waals surface area (Å²) in [4.78, 5) is 23.0. The SMILES string of the molecule is CCc1ccc(/C(=C/C(=O)OC)C(=O)OC)n1C. The molecule has 0 aliphatic rings. The van der Waals surface area contributed by atoms with Crippen molar-refractivity contribution in [2.45, 2.75) is 13.3 Å². The summed E-state index contributed by atoms with van der Waals surface area (Å²) in [5.74, 6) is -1.15. The minimum Gasteiger partial charge on any atom is -0.466 e. The van der Waals surface area contributed by atoms with Crippen molar-refractivity contribution in [2.75, 3.05) is 14.2 Å². The lowest BCUT2D eigenvalue weighted by molar-refractivity contribution is -0.136. The van der Waals surface area contributed by atoms with Crippen LogP contribution < -0.4 is 0 Å². The van der Waals surface area contributed by atoms with Crippen LogP contribution in [0.3, 0.4) is 0 Å². The predicted molar refractivity (Wildman–Crippen MR) is 66.8 cm³/mol. The van der Waals surface area contributed by atoms with Gasteiger partial charge in [0.15, 0.2) is 0 Å². The number of rotatable bonds is 4. The van der Waals surface area contributed by atoms with Crippen LogP contribution in [0.25, 0.3) is 5.57 Å². The fourth-order valence-electron chi connectivity index (χ4n) is 1.70. The summed E-state index contributed by atoms with van der Waals surface area (Å²) >= 11 is 0. The van der Waals surface area contributed by atoms with Gasteiger partial charge in [-0.1, -0.05) is 6.92 Å². The molecule has 1 heterocycles. The smallest absolute Gasteiger partial charge is 0.340 e. The lowest BCUT2D eigenvalue weighted by Gasteiger charge is -2.08. The summed E-state index contributed by atoms with van der Waals surface area (Å²) in [5.41, 5.74) is 1.88. The summed E-state index contributed by atoms with van der Waals surface area (Å²) in [7, 11) is 4.37. The lowest BCUT2D eigenvalue weighted by atomic mass is 10.2. The van der Waals surface area contributed by atoms with Gasteiger partial charge in [0.1, 0.15) is 0 Å². The number of hydrogen-bond acceptors (Lipinski definition) is 4. The molecule has 0 atom stereocenters. The van der Waals surface area contributed by atoms with Gasteiger partial charge in [0.25, 0.3) is 0 Å². The van der Waals surface area contributed by atoms with E-state index < -0.39 is 11.9 Å². The highest BCUT2D eigenvalue weighted by atomic mass is 16.5. The van der Waals surface area contributed by atoms with E-state index in [0.29, 0.717) is 5.69 Å². The minimum absolute atomic E-state index is 0.187. The number of aryl methyl sites for hydroxylation is 1. The molecule has 18 heavy (non-hydrogen) atoms. The van der Waals surface area contributed by atoms with Crippen LogP contribution in [0.2, 0.25) is 0 Å². The maximum Gasteiger partial charge on any atom is 0.340 e. The lowest BCUT2D eigenvalue weighted by Crippen LogP contribution is -2.11. The molecule has 5 heteroatoms. The van der Waals surface area contributed by atoms with Crippen LogP contribution in [0.5, 0.6) is 0 Å². The molecule has 0 amide bonds. The second-order valence-corrected chi connectivity index (χ2v) is 3.70. The summed E-state index contributed by atoms with van der Waals surface area (Å²) in [6.45, 7) is 2.01. The van der Waals surface area contributed by atoms with Gasteiger partial charge in [-0.15, -0.1) is 0 Å². The molecule has 0 saturated heterocycles. The highest BCUT2D eigenvalue weighted by Crippen LogP contribution is 2.19. The summed E-state index contributed by atoms with van der Waals surface area (Å²) in [6.07, 6.45) is 1.98. The Balaban J connectivity index is 3.26. The summed E-state index contributed by atoms with van der Waals surface area (Å²) in [6, 6.07) is 3.69. The number of aromatic nitrogens is 1. The molecule has 1 aromatic heterocycles. The van der Waals surface area contributed by atoms with E-state index >= 15 is 0 Å². The summed E-state index contributed by atoms with van der Waals surface area (Å²) in [5, 5.41) is 0. The van der Waals surface area contributed by atoms with Crippen molar-refractivity contribution in [1.82, 2.24) is 4.57 Å². The van der Waals surface area contributed by atoms with Gasteiger partial charge in [0, 0.05) is 18.8 Å². The molecule has 0 aromatic carbocycles. The second kappa shape index (κ2) is 6.05. The number of carbonyl (C=O) groups is 2. The first-order chi connectivity index (χ1) is 8.54. The van der Waals surface area contributed by atoms with E-state index in [-0.39, 0.29) is 5.57 Å². The Labute approximate surface area is 106 Å². The molecule has 1 rings (SSSR count). The molecular weight excluding hydrogens is 234 g/mol. The van der Waals surface area contributed by atoms with E-state index in [0.717, 1.165) is 18.2 Å². The van der Waals surface area contributed by atoms with Crippen LogP contribution >= 0.6 is 0 Å².